The molecule has 0 aromatic carbocycles. The third-order valence-corrected chi connectivity index (χ3v) is 3.58. The van der Waals surface area contributed by atoms with E-state index in [1.54, 1.807) is 18.3 Å². The second-order valence-corrected chi connectivity index (χ2v) is 4.80. The second kappa shape index (κ2) is 4.84. The Labute approximate surface area is 111 Å². The van der Waals surface area contributed by atoms with Crippen LogP contribution in [0.4, 0.5) is 0 Å². The number of hydrogen-bond acceptors (Lipinski definition) is 3. The van der Waals surface area contributed by atoms with Gasteiger partial charge in [-0.3, -0.25) is 14.5 Å². The lowest BCUT2D eigenvalue weighted by Gasteiger charge is -2.23. The highest BCUT2D eigenvalue weighted by Crippen LogP contribution is 2.29. The fraction of sp³-hybridized carbons (Fsp3) is 0.357. The number of rotatable bonds is 2. The molecule has 98 valence electrons. The molecule has 1 aliphatic carbocycles. The van der Waals surface area contributed by atoms with Crippen molar-refractivity contribution in [3.05, 3.63) is 47.5 Å². The molecule has 1 atom stereocenters. The minimum Gasteiger partial charge on any atom is -0.344 e. The molecular formula is C14H16N4O. The van der Waals surface area contributed by atoms with E-state index in [1.165, 1.54) is 5.69 Å². The average molecular weight is 256 g/mol. The summed E-state index contributed by atoms with van der Waals surface area (Å²) < 4.78 is 1.90. The summed E-state index contributed by atoms with van der Waals surface area (Å²) in [5.41, 5.74) is 2.81. The third-order valence-electron chi connectivity index (χ3n) is 3.58. The lowest BCUT2D eigenvalue weighted by Crippen LogP contribution is -2.31. The van der Waals surface area contributed by atoms with Gasteiger partial charge in [-0.2, -0.15) is 5.10 Å². The molecule has 0 fully saturated rings. The molecule has 19 heavy (non-hydrogen) atoms. The van der Waals surface area contributed by atoms with Crippen molar-refractivity contribution in [2.24, 2.45) is 7.05 Å². The Morgan fingerprint density at radius 3 is 3.16 bits per heavy atom. The first kappa shape index (κ1) is 11.9. The monoisotopic (exact) mass is 256 g/mol. The van der Waals surface area contributed by atoms with E-state index in [1.807, 2.05) is 24.0 Å². The summed E-state index contributed by atoms with van der Waals surface area (Å²) in [6.45, 7) is 0. The summed E-state index contributed by atoms with van der Waals surface area (Å²) in [5, 5.41) is 7.33. The lowest BCUT2D eigenvalue weighted by molar-refractivity contribution is 0.0927. The second-order valence-electron chi connectivity index (χ2n) is 4.80. The zero-order chi connectivity index (χ0) is 13.2. The topological polar surface area (TPSA) is 59.8 Å². The molecule has 2 aromatic heterocycles. The van der Waals surface area contributed by atoms with Crippen molar-refractivity contribution in [2.75, 3.05) is 0 Å². The molecule has 2 heterocycles. The largest absolute Gasteiger partial charge is 0.344 e. The Bertz CT molecular complexity index is 591. The summed E-state index contributed by atoms with van der Waals surface area (Å²) in [5.74, 6) is -0.123. The smallest absolute Gasteiger partial charge is 0.270 e. The normalized spacial score (nSPS) is 17.8. The highest BCUT2D eigenvalue weighted by Gasteiger charge is 2.25. The predicted molar refractivity (Wildman–Crippen MR) is 70.6 cm³/mol. The van der Waals surface area contributed by atoms with Crippen LogP contribution in [0.5, 0.6) is 0 Å². The van der Waals surface area contributed by atoms with E-state index in [0.29, 0.717) is 5.69 Å². The first-order valence-corrected chi connectivity index (χ1v) is 6.48. The molecule has 1 unspecified atom stereocenters. The van der Waals surface area contributed by atoms with Gasteiger partial charge >= 0.3 is 0 Å². The van der Waals surface area contributed by atoms with Gasteiger partial charge in [-0.15, -0.1) is 0 Å². The first-order chi connectivity index (χ1) is 9.25. The van der Waals surface area contributed by atoms with Gasteiger partial charge in [0, 0.05) is 24.5 Å². The van der Waals surface area contributed by atoms with E-state index < -0.39 is 0 Å². The van der Waals surface area contributed by atoms with E-state index in [-0.39, 0.29) is 11.9 Å². The molecule has 0 saturated heterocycles. The number of nitrogens with zero attached hydrogens (tertiary/aromatic N) is 3. The number of carbonyl (C=O) groups is 1. The molecule has 0 saturated carbocycles. The maximum absolute atomic E-state index is 12.1. The number of aryl methyl sites for hydroxylation is 1. The Morgan fingerprint density at radius 2 is 2.37 bits per heavy atom. The summed E-state index contributed by atoms with van der Waals surface area (Å²) in [6.07, 6.45) is 6.54. The van der Waals surface area contributed by atoms with E-state index >= 15 is 0 Å². The quantitative estimate of drug-likeness (QED) is 0.888. The average Bonchev–Trinajstić information content (AvgIpc) is 2.83. The van der Waals surface area contributed by atoms with Gasteiger partial charge in [0.25, 0.3) is 5.91 Å². The van der Waals surface area contributed by atoms with Crippen molar-refractivity contribution in [3.63, 3.8) is 0 Å². The van der Waals surface area contributed by atoms with E-state index in [9.17, 15) is 4.79 Å². The standard InChI is InChI=1S/C14H16N4O/c1-18-13-7-4-6-11(10(13)9-16-18)17-14(19)12-5-2-3-8-15-12/h2-3,5,8-9,11H,4,6-7H2,1H3,(H,17,19). The van der Waals surface area contributed by atoms with E-state index in [0.717, 1.165) is 24.8 Å². The van der Waals surface area contributed by atoms with Crippen LogP contribution in [-0.2, 0) is 13.5 Å². The van der Waals surface area contributed by atoms with Gasteiger partial charge in [0.1, 0.15) is 5.69 Å². The van der Waals surface area contributed by atoms with Crippen LogP contribution in [0.25, 0.3) is 0 Å². The summed E-state index contributed by atoms with van der Waals surface area (Å²) in [6, 6.07) is 5.39. The van der Waals surface area contributed by atoms with Crippen molar-refractivity contribution < 1.29 is 4.79 Å². The van der Waals surface area contributed by atoms with Gasteiger partial charge in [-0.05, 0) is 31.4 Å². The van der Waals surface area contributed by atoms with Crippen LogP contribution < -0.4 is 5.32 Å². The van der Waals surface area contributed by atoms with Gasteiger partial charge in [0.15, 0.2) is 0 Å². The molecule has 1 aliphatic rings. The fourth-order valence-electron chi connectivity index (χ4n) is 2.59. The van der Waals surface area contributed by atoms with Crippen LogP contribution >= 0.6 is 0 Å². The minimum absolute atomic E-state index is 0.0481. The van der Waals surface area contributed by atoms with Crippen molar-refractivity contribution >= 4 is 5.91 Å². The molecule has 1 amide bonds. The van der Waals surface area contributed by atoms with Gasteiger partial charge in [0.05, 0.1) is 12.2 Å². The van der Waals surface area contributed by atoms with Crippen LogP contribution in [0, 0.1) is 0 Å². The maximum Gasteiger partial charge on any atom is 0.270 e. The molecule has 5 heteroatoms. The summed E-state index contributed by atoms with van der Waals surface area (Å²) in [4.78, 5) is 16.2. The van der Waals surface area contributed by atoms with Crippen LogP contribution in [0.3, 0.4) is 0 Å². The molecule has 3 rings (SSSR count). The van der Waals surface area contributed by atoms with Gasteiger partial charge in [0.2, 0.25) is 0 Å². The van der Waals surface area contributed by atoms with Gasteiger partial charge < -0.3 is 5.32 Å². The lowest BCUT2D eigenvalue weighted by atomic mass is 9.93. The van der Waals surface area contributed by atoms with Crippen molar-refractivity contribution in [3.8, 4) is 0 Å². The van der Waals surface area contributed by atoms with Crippen LogP contribution in [0.15, 0.2) is 30.6 Å². The zero-order valence-corrected chi connectivity index (χ0v) is 10.8. The number of hydrogen-bond donors (Lipinski definition) is 1. The predicted octanol–water partition coefficient (Wildman–Crippen LogP) is 1.62. The number of fused-ring (bicyclic) bond motifs is 1. The molecule has 0 spiro atoms. The minimum atomic E-state index is -0.123. The first-order valence-electron chi connectivity index (χ1n) is 6.48. The Balaban J connectivity index is 1.80. The molecular weight excluding hydrogens is 240 g/mol. The molecule has 2 aromatic rings. The Kier molecular flexibility index (Phi) is 3.03. The zero-order valence-electron chi connectivity index (χ0n) is 10.8. The Hall–Kier alpha value is -2.17. The van der Waals surface area contributed by atoms with Crippen LogP contribution in [0.2, 0.25) is 0 Å². The summed E-state index contributed by atoms with van der Waals surface area (Å²) in [7, 11) is 1.95. The third kappa shape index (κ3) is 2.23. The SMILES string of the molecule is Cn1ncc2c1CCCC2NC(=O)c1ccccn1. The van der Waals surface area contributed by atoms with Crippen molar-refractivity contribution in [1.29, 1.82) is 0 Å². The highest BCUT2D eigenvalue weighted by molar-refractivity contribution is 5.92. The molecule has 0 radical (unpaired) electrons. The maximum atomic E-state index is 12.1. The number of amides is 1. The van der Waals surface area contributed by atoms with Crippen molar-refractivity contribution in [2.45, 2.75) is 25.3 Å². The molecule has 0 aliphatic heterocycles. The van der Waals surface area contributed by atoms with Crippen LogP contribution in [-0.4, -0.2) is 20.7 Å². The van der Waals surface area contributed by atoms with Gasteiger partial charge in [-0.1, -0.05) is 6.07 Å². The Morgan fingerprint density at radius 1 is 1.47 bits per heavy atom. The molecule has 5 nitrogen and oxygen atoms in total. The van der Waals surface area contributed by atoms with Crippen LogP contribution in [0.1, 0.15) is 40.6 Å². The molecule has 0 bridgehead atoms. The number of aromatic nitrogens is 3. The van der Waals surface area contributed by atoms with E-state index in [2.05, 4.69) is 15.4 Å². The number of carbonyl (C=O) groups excluding carboxylic acids is 1. The highest BCUT2D eigenvalue weighted by atomic mass is 16.1. The number of nitrogens with one attached hydrogen (secondary N) is 1. The fourth-order valence-corrected chi connectivity index (χ4v) is 2.59. The van der Waals surface area contributed by atoms with E-state index in [4.69, 9.17) is 0 Å². The number of pyridine rings is 1. The van der Waals surface area contributed by atoms with Gasteiger partial charge in [-0.25, -0.2) is 0 Å². The molecule has 1 N–H and O–H groups in total. The van der Waals surface area contributed by atoms with Crippen molar-refractivity contribution in [1.82, 2.24) is 20.1 Å². The summed E-state index contributed by atoms with van der Waals surface area (Å²) >= 11 is 0.